The van der Waals surface area contributed by atoms with Gasteiger partial charge in [0.2, 0.25) is 0 Å². The summed E-state index contributed by atoms with van der Waals surface area (Å²) >= 11 is 0. The van der Waals surface area contributed by atoms with Gasteiger partial charge in [-0.15, -0.1) is 0 Å². The molecule has 1 amide bonds. The van der Waals surface area contributed by atoms with Crippen LogP contribution in [0.25, 0.3) is 0 Å². The number of H-pyrrole nitrogens is 1. The molecule has 0 unspecified atom stereocenters. The lowest BCUT2D eigenvalue weighted by molar-refractivity contribution is 0.0981. The number of anilines is 1. The van der Waals surface area contributed by atoms with Crippen molar-refractivity contribution < 1.29 is 13.2 Å². The van der Waals surface area contributed by atoms with Gasteiger partial charge in [-0.2, -0.15) is 0 Å². The molecular formula is C22H30N4O4S. The molecular weight excluding hydrogens is 416 g/mol. The van der Waals surface area contributed by atoms with Crippen molar-refractivity contribution in [3.63, 3.8) is 0 Å². The lowest BCUT2D eigenvalue weighted by Crippen LogP contribution is -2.41. The maximum Gasteiger partial charge on any atom is 0.269 e. The number of aromatic nitrogens is 2. The predicted molar refractivity (Wildman–Crippen MR) is 120 cm³/mol. The molecule has 8 nitrogen and oxygen atoms in total. The van der Waals surface area contributed by atoms with Crippen LogP contribution in [0.15, 0.2) is 40.2 Å². The van der Waals surface area contributed by atoms with Crippen molar-refractivity contribution in [3.05, 3.63) is 52.1 Å². The number of nitrogens with one attached hydrogen (secondary N) is 2. The fourth-order valence-corrected chi connectivity index (χ4v) is 5.08. The molecule has 1 atom stereocenters. The molecule has 168 valence electrons. The van der Waals surface area contributed by atoms with Gasteiger partial charge in [-0.3, -0.25) is 9.59 Å². The average molecular weight is 447 g/mol. The van der Waals surface area contributed by atoms with Gasteiger partial charge in [0.1, 0.15) is 5.82 Å². The highest BCUT2D eigenvalue weighted by Gasteiger charge is 2.39. The minimum atomic E-state index is -4.35. The highest BCUT2D eigenvalue weighted by Crippen LogP contribution is 2.38. The summed E-state index contributed by atoms with van der Waals surface area (Å²) in [6.07, 6.45) is 2.25. The van der Waals surface area contributed by atoms with E-state index in [-0.39, 0.29) is 16.5 Å². The molecule has 1 fully saturated rings. The standard InChI is InChI=1S/C22H30N4O4S/c1-14-12-22(5,6)26(13-14)18-15(9-10-17(24-18)21(2,3)4)19(27)25-31(29,30)16-8-7-11-23-20(16)28/h7-11,14H,12-13H2,1-6H3,(H,23,28)(H,25,27)/t14-/m0/s1. The van der Waals surface area contributed by atoms with Gasteiger partial charge in [-0.05, 0) is 50.5 Å². The normalized spacial score (nSPS) is 18.8. The van der Waals surface area contributed by atoms with Gasteiger partial charge < -0.3 is 9.88 Å². The topological polar surface area (TPSA) is 112 Å². The molecule has 3 heterocycles. The van der Waals surface area contributed by atoms with Crippen LogP contribution < -0.4 is 15.2 Å². The Bertz CT molecular complexity index is 1160. The number of carbonyl (C=O) groups excluding carboxylic acids is 1. The molecule has 3 rings (SSSR count). The summed E-state index contributed by atoms with van der Waals surface area (Å²) in [5, 5.41) is 0. The summed E-state index contributed by atoms with van der Waals surface area (Å²) in [5.41, 5.74) is -0.322. The van der Waals surface area contributed by atoms with Crippen LogP contribution in [-0.4, -0.2) is 36.4 Å². The maximum atomic E-state index is 13.1. The van der Waals surface area contributed by atoms with Crippen molar-refractivity contribution >= 4 is 21.7 Å². The van der Waals surface area contributed by atoms with E-state index in [0.717, 1.165) is 18.2 Å². The zero-order valence-corrected chi connectivity index (χ0v) is 19.6. The monoisotopic (exact) mass is 446 g/mol. The number of carbonyl (C=O) groups is 1. The van der Waals surface area contributed by atoms with Gasteiger partial charge >= 0.3 is 0 Å². The van der Waals surface area contributed by atoms with E-state index in [1.807, 2.05) is 25.5 Å². The molecule has 2 aromatic heterocycles. The van der Waals surface area contributed by atoms with Crippen molar-refractivity contribution in [1.29, 1.82) is 0 Å². The predicted octanol–water partition coefficient (Wildman–Crippen LogP) is 2.81. The van der Waals surface area contributed by atoms with Gasteiger partial charge in [0.05, 0.1) is 5.56 Å². The van der Waals surface area contributed by atoms with Crippen LogP contribution >= 0.6 is 0 Å². The van der Waals surface area contributed by atoms with E-state index in [1.165, 1.54) is 12.3 Å². The fourth-order valence-electron chi connectivity index (χ4n) is 4.06. The first-order valence-corrected chi connectivity index (χ1v) is 11.7. The third kappa shape index (κ3) is 4.66. The number of nitrogens with zero attached hydrogens (tertiary/aromatic N) is 2. The zero-order valence-electron chi connectivity index (χ0n) is 18.8. The van der Waals surface area contributed by atoms with Crippen LogP contribution in [-0.2, 0) is 15.4 Å². The lowest BCUT2D eigenvalue weighted by atomic mass is 9.91. The molecule has 9 heteroatoms. The highest BCUT2D eigenvalue weighted by molar-refractivity contribution is 7.90. The second kappa shape index (κ2) is 7.78. The second-order valence-corrected chi connectivity index (χ2v) is 11.5. The van der Waals surface area contributed by atoms with Gasteiger partial charge in [0.25, 0.3) is 21.5 Å². The number of hydrogen-bond acceptors (Lipinski definition) is 6. The summed E-state index contributed by atoms with van der Waals surface area (Å²) in [5.74, 6) is 0.0376. The van der Waals surface area contributed by atoms with Crippen molar-refractivity contribution in [1.82, 2.24) is 14.7 Å². The Hall–Kier alpha value is -2.68. The van der Waals surface area contributed by atoms with Crippen molar-refractivity contribution in [3.8, 4) is 0 Å². The van der Waals surface area contributed by atoms with Crippen molar-refractivity contribution in [2.45, 2.75) is 63.8 Å². The van der Waals surface area contributed by atoms with Gasteiger partial charge in [0, 0.05) is 29.4 Å². The summed E-state index contributed by atoms with van der Waals surface area (Å²) in [6.45, 7) is 13.1. The van der Waals surface area contributed by atoms with Gasteiger partial charge in [-0.1, -0.05) is 27.7 Å². The Morgan fingerprint density at radius 2 is 1.94 bits per heavy atom. The molecule has 1 aliphatic rings. The van der Waals surface area contributed by atoms with E-state index in [4.69, 9.17) is 4.98 Å². The van der Waals surface area contributed by atoms with E-state index >= 15 is 0 Å². The molecule has 0 spiro atoms. The summed E-state index contributed by atoms with van der Waals surface area (Å²) in [6, 6.07) is 5.90. The van der Waals surface area contributed by atoms with Crippen LogP contribution in [0.3, 0.4) is 0 Å². The molecule has 0 bridgehead atoms. The van der Waals surface area contributed by atoms with Crippen LogP contribution in [0.1, 0.15) is 64.0 Å². The molecule has 2 aromatic rings. The molecule has 0 saturated carbocycles. The van der Waals surface area contributed by atoms with E-state index in [1.54, 1.807) is 12.1 Å². The number of pyridine rings is 2. The highest BCUT2D eigenvalue weighted by atomic mass is 32.2. The molecule has 2 N–H and O–H groups in total. The Balaban J connectivity index is 2.07. The SMILES string of the molecule is C[C@@H]1CN(c2nc(C(C)(C)C)ccc2C(=O)NS(=O)(=O)c2ccc[nH]c2=O)C(C)(C)C1. The molecule has 0 radical (unpaired) electrons. The van der Waals surface area contributed by atoms with E-state index in [9.17, 15) is 18.0 Å². The maximum absolute atomic E-state index is 13.1. The molecule has 31 heavy (non-hydrogen) atoms. The van der Waals surface area contributed by atoms with Crippen LogP contribution in [0.4, 0.5) is 5.82 Å². The summed E-state index contributed by atoms with van der Waals surface area (Å²) in [4.78, 5) is 33.7. The molecule has 1 saturated heterocycles. The third-order valence-electron chi connectivity index (χ3n) is 5.52. The first kappa shape index (κ1) is 23.0. The van der Waals surface area contributed by atoms with Gasteiger partial charge in [-0.25, -0.2) is 18.1 Å². The minimum absolute atomic E-state index is 0.158. The first-order chi connectivity index (χ1) is 14.2. The Morgan fingerprint density at radius 3 is 2.48 bits per heavy atom. The van der Waals surface area contributed by atoms with Crippen molar-refractivity contribution in [2.24, 2.45) is 5.92 Å². The van der Waals surface area contributed by atoms with Crippen molar-refractivity contribution in [2.75, 3.05) is 11.4 Å². The average Bonchev–Trinajstić information content (AvgIpc) is 2.92. The minimum Gasteiger partial charge on any atom is -0.351 e. The largest absolute Gasteiger partial charge is 0.351 e. The van der Waals surface area contributed by atoms with Crippen LogP contribution in [0, 0.1) is 5.92 Å². The Morgan fingerprint density at radius 1 is 1.26 bits per heavy atom. The quantitative estimate of drug-likeness (QED) is 0.747. The molecule has 0 aliphatic carbocycles. The molecule has 0 aromatic carbocycles. The van der Waals surface area contributed by atoms with E-state index in [2.05, 4.69) is 30.7 Å². The zero-order chi connectivity index (χ0) is 23.2. The first-order valence-electron chi connectivity index (χ1n) is 10.3. The van der Waals surface area contributed by atoms with Crippen LogP contribution in [0.2, 0.25) is 0 Å². The third-order valence-corrected chi connectivity index (χ3v) is 6.87. The van der Waals surface area contributed by atoms with Gasteiger partial charge in [0.15, 0.2) is 4.90 Å². The number of aromatic amines is 1. The number of rotatable bonds is 4. The second-order valence-electron chi connectivity index (χ2n) is 9.85. The Labute approximate surface area is 183 Å². The lowest BCUT2D eigenvalue weighted by Gasteiger charge is -2.34. The number of sulfonamides is 1. The Kier molecular flexibility index (Phi) is 5.77. The van der Waals surface area contributed by atoms with Crippen LogP contribution in [0.5, 0.6) is 0 Å². The summed E-state index contributed by atoms with van der Waals surface area (Å²) in [7, 11) is -4.35. The van der Waals surface area contributed by atoms with E-state index in [0.29, 0.717) is 18.3 Å². The number of amides is 1. The molecule has 1 aliphatic heterocycles. The smallest absolute Gasteiger partial charge is 0.269 e. The van der Waals surface area contributed by atoms with E-state index < -0.39 is 26.4 Å². The number of hydrogen-bond donors (Lipinski definition) is 2. The fraction of sp³-hybridized carbons (Fsp3) is 0.500. The summed E-state index contributed by atoms with van der Waals surface area (Å²) < 4.78 is 27.4.